The van der Waals surface area contributed by atoms with E-state index in [1.54, 1.807) is 47.4 Å². The molecule has 3 aromatic rings. The van der Waals surface area contributed by atoms with Crippen molar-refractivity contribution in [3.63, 3.8) is 0 Å². The number of furan rings is 1. The van der Waals surface area contributed by atoms with Crippen LogP contribution in [-0.2, 0) is 6.54 Å². The molecular formula is C22H19FN2O3. The molecule has 5 nitrogen and oxygen atoms in total. The average molecular weight is 378 g/mol. The van der Waals surface area contributed by atoms with Crippen LogP contribution in [-0.4, -0.2) is 28.5 Å². The minimum atomic E-state index is -0.384. The van der Waals surface area contributed by atoms with Gasteiger partial charge in [0.15, 0.2) is 5.76 Å². The van der Waals surface area contributed by atoms with Crippen molar-refractivity contribution in [2.24, 2.45) is 5.92 Å². The lowest BCUT2D eigenvalue weighted by Gasteiger charge is -2.42. The van der Waals surface area contributed by atoms with E-state index in [1.165, 1.54) is 6.07 Å². The van der Waals surface area contributed by atoms with Gasteiger partial charge in [-0.05, 0) is 42.7 Å². The van der Waals surface area contributed by atoms with E-state index < -0.39 is 0 Å². The lowest BCUT2D eigenvalue weighted by Crippen LogP contribution is -2.49. The fraction of sp³-hybridized carbons (Fsp3) is 0.273. The van der Waals surface area contributed by atoms with Gasteiger partial charge in [-0.1, -0.05) is 18.2 Å². The van der Waals surface area contributed by atoms with Crippen molar-refractivity contribution in [2.75, 3.05) is 13.1 Å². The fourth-order valence-electron chi connectivity index (χ4n) is 4.48. The number of likely N-dealkylation sites (tertiary alicyclic amines) is 1. The molecule has 2 aliphatic heterocycles. The Labute approximate surface area is 161 Å². The highest BCUT2D eigenvalue weighted by molar-refractivity contribution is 5.92. The van der Waals surface area contributed by atoms with Crippen LogP contribution in [0.5, 0.6) is 0 Å². The lowest BCUT2D eigenvalue weighted by atomic mass is 9.83. The third kappa shape index (κ3) is 2.76. The SMILES string of the molecule is O=C(c1ccc(-c2ccccc2F)o1)N1CC2CC(C1)c1cccc(=O)n1C2. The van der Waals surface area contributed by atoms with Gasteiger partial charge in [0, 0.05) is 37.3 Å². The number of hydrogen-bond donors (Lipinski definition) is 0. The molecule has 1 amide bonds. The maximum absolute atomic E-state index is 14.0. The molecular weight excluding hydrogens is 359 g/mol. The second-order valence-corrected chi connectivity index (χ2v) is 7.55. The summed E-state index contributed by atoms with van der Waals surface area (Å²) >= 11 is 0. The Morgan fingerprint density at radius 3 is 2.71 bits per heavy atom. The maximum Gasteiger partial charge on any atom is 0.289 e. The van der Waals surface area contributed by atoms with Crippen molar-refractivity contribution in [1.82, 2.24) is 9.47 Å². The molecule has 4 heterocycles. The van der Waals surface area contributed by atoms with E-state index in [9.17, 15) is 14.0 Å². The normalized spacial score (nSPS) is 20.7. The number of nitrogens with zero attached hydrogens (tertiary/aromatic N) is 2. The summed E-state index contributed by atoms with van der Waals surface area (Å²) in [4.78, 5) is 26.9. The van der Waals surface area contributed by atoms with Crippen LogP contribution < -0.4 is 5.56 Å². The minimum absolute atomic E-state index is 0.0209. The molecule has 0 spiro atoms. The molecule has 5 rings (SSSR count). The first-order valence-corrected chi connectivity index (χ1v) is 9.44. The van der Waals surface area contributed by atoms with E-state index in [0.29, 0.717) is 31.0 Å². The van der Waals surface area contributed by atoms with E-state index in [-0.39, 0.29) is 34.9 Å². The summed E-state index contributed by atoms with van der Waals surface area (Å²) in [6, 6.07) is 14.9. The Kier molecular flexibility index (Phi) is 3.93. The van der Waals surface area contributed by atoms with Crippen LogP contribution in [0.4, 0.5) is 4.39 Å². The standard InChI is InChI=1S/C22H19FN2O3/c23-17-5-2-1-4-16(17)19-8-9-20(28-19)22(27)24-11-14-10-15(13-24)18-6-3-7-21(26)25(18)12-14/h1-9,14-15H,10-13H2. The number of hydrogen-bond acceptors (Lipinski definition) is 3. The predicted molar refractivity (Wildman–Crippen MR) is 102 cm³/mol. The Balaban J connectivity index is 1.40. The second-order valence-electron chi connectivity index (χ2n) is 7.55. The quantitative estimate of drug-likeness (QED) is 0.686. The number of pyridine rings is 1. The molecule has 2 bridgehead atoms. The van der Waals surface area contributed by atoms with Crippen molar-refractivity contribution in [3.8, 4) is 11.3 Å². The number of amides is 1. The summed E-state index contributed by atoms with van der Waals surface area (Å²) in [5, 5.41) is 0. The molecule has 1 fully saturated rings. The lowest BCUT2D eigenvalue weighted by molar-refractivity contribution is 0.0564. The van der Waals surface area contributed by atoms with Gasteiger partial charge in [0.05, 0.1) is 5.56 Å². The summed E-state index contributed by atoms with van der Waals surface area (Å²) in [6.07, 6.45) is 0.978. The van der Waals surface area contributed by atoms with Gasteiger partial charge in [0.2, 0.25) is 0 Å². The molecule has 0 radical (unpaired) electrons. The first-order chi connectivity index (χ1) is 13.6. The molecule has 0 N–H and O–H groups in total. The van der Waals surface area contributed by atoms with E-state index in [0.717, 1.165) is 12.1 Å². The first-order valence-electron chi connectivity index (χ1n) is 9.44. The zero-order chi connectivity index (χ0) is 19.3. The molecule has 142 valence electrons. The maximum atomic E-state index is 14.0. The van der Waals surface area contributed by atoms with Gasteiger partial charge in [-0.2, -0.15) is 0 Å². The molecule has 0 saturated carbocycles. The van der Waals surface area contributed by atoms with Gasteiger partial charge in [-0.15, -0.1) is 0 Å². The molecule has 2 unspecified atom stereocenters. The van der Waals surface area contributed by atoms with Crippen molar-refractivity contribution in [3.05, 3.63) is 82.2 Å². The number of carbonyl (C=O) groups is 1. The summed E-state index contributed by atoms with van der Waals surface area (Å²) in [6.45, 7) is 1.77. The monoisotopic (exact) mass is 378 g/mol. The van der Waals surface area contributed by atoms with Crippen LogP contribution in [0, 0.1) is 11.7 Å². The third-order valence-electron chi connectivity index (χ3n) is 5.72. The van der Waals surface area contributed by atoms with Crippen LogP contribution in [0.2, 0.25) is 0 Å². The first kappa shape index (κ1) is 17.0. The van der Waals surface area contributed by atoms with Crippen molar-refractivity contribution < 1.29 is 13.6 Å². The number of carbonyl (C=O) groups excluding carboxylic acids is 1. The Morgan fingerprint density at radius 1 is 1.00 bits per heavy atom. The Morgan fingerprint density at radius 2 is 1.86 bits per heavy atom. The number of rotatable bonds is 2. The molecule has 2 atom stereocenters. The number of aromatic nitrogens is 1. The summed E-state index contributed by atoms with van der Waals surface area (Å²) < 4.78 is 21.5. The molecule has 28 heavy (non-hydrogen) atoms. The smallest absolute Gasteiger partial charge is 0.289 e. The van der Waals surface area contributed by atoms with E-state index in [4.69, 9.17) is 4.42 Å². The van der Waals surface area contributed by atoms with Crippen LogP contribution >= 0.6 is 0 Å². The van der Waals surface area contributed by atoms with Crippen LogP contribution in [0.15, 0.2) is 63.8 Å². The molecule has 6 heteroatoms. The van der Waals surface area contributed by atoms with Crippen LogP contribution in [0.25, 0.3) is 11.3 Å². The van der Waals surface area contributed by atoms with Gasteiger partial charge >= 0.3 is 0 Å². The number of piperidine rings is 1. The largest absolute Gasteiger partial charge is 0.451 e. The number of fused-ring (bicyclic) bond motifs is 4. The summed E-state index contributed by atoms with van der Waals surface area (Å²) in [7, 11) is 0. The molecule has 0 aliphatic carbocycles. The van der Waals surface area contributed by atoms with Gasteiger partial charge in [0.25, 0.3) is 11.5 Å². The fourth-order valence-corrected chi connectivity index (χ4v) is 4.48. The van der Waals surface area contributed by atoms with E-state index in [2.05, 4.69) is 0 Å². The number of halogens is 1. The Hall–Kier alpha value is -3.15. The van der Waals surface area contributed by atoms with Gasteiger partial charge in [-0.25, -0.2) is 4.39 Å². The third-order valence-corrected chi connectivity index (χ3v) is 5.72. The Bertz CT molecular complexity index is 1120. The van der Waals surface area contributed by atoms with Gasteiger partial charge in [0.1, 0.15) is 11.6 Å². The second kappa shape index (κ2) is 6.48. The highest BCUT2D eigenvalue weighted by Gasteiger charge is 2.37. The zero-order valence-electron chi connectivity index (χ0n) is 15.2. The summed E-state index contributed by atoms with van der Waals surface area (Å²) in [5.41, 5.74) is 1.35. The molecule has 1 aromatic carbocycles. The van der Waals surface area contributed by atoms with E-state index >= 15 is 0 Å². The highest BCUT2D eigenvalue weighted by atomic mass is 19.1. The van der Waals surface area contributed by atoms with Crippen molar-refractivity contribution in [2.45, 2.75) is 18.9 Å². The molecule has 1 saturated heterocycles. The summed E-state index contributed by atoms with van der Waals surface area (Å²) in [5.74, 6) is 0.372. The molecule has 2 aromatic heterocycles. The van der Waals surface area contributed by atoms with Crippen LogP contribution in [0.3, 0.4) is 0 Å². The van der Waals surface area contributed by atoms with Crippen molar-refractivity contribution >= 4 is 5.91 Å². The average Bonchev–Trinajstić information content (AvgIpc) is 3.18. The zero-order valence-corrected chi connectivity index (χ0v) is 15.2. The minimum Gasteiger partial charge on any atom is -0.451 e. The van der Waals surface area contributed by atoms with Crippen LogP contribution in [0.1, 0.15) is 28.6 Å². The van der Waals surface area contributed by atoms with E-state index in [1.807, 2.05) is 10.6 Å². The highest BCUT2D eigenvalue weighted by Crippen LogP contribution is 2.36. The predicted octanol–water partition coefficient (Wildman–Crippen LogP) is 3.51. The van der Waals surface area contributed by atoms with Gasteiger partial charge < -0.3 is 13.9 Å². The topological polar surface area (TPSA) is 55.5 Å². The molecule has 2 aliphatic rings. The van der Waals surface area contributed by atoms with Crippen molar-refractivity contribution in [1.29, 1.82) is 0 Å². The van der Waals surface area contributed by atoms with Gasteiger partial charge in [-0.3, -0.25) is 9.59 Å². The number of benzene rings is 1.